The summed E-state index contributed by atoms with van der Waals surface area (Å²) in [5.41, 5.74) is 2.21. The molecule has 18 heavy (non-hydrogen) atoms. The number of nitrogens with zero attached hydrogens (tertiary/aromatic N) is 1. The van der Waals surface area contributed by atoms with Gasteiger partial charge in [0.2, 0.25) is 0 Å². The number of amides is 1. The van der Waals surface area contributed by atoms with Crippen LogP contribution >= 0.6 is 0 Å². The third-order valence-corrected chi connectivity index (χ3v) is 2.48. The molecular weight excluding hydrogens is 226 g/mol. The number of aromatic nitrogens is 1. The molecular formula is C14H15N3O. The highest BCUT2D eigenvalue weighted by Gasteiger charge is 2.14. The minimum Gasteiger partial charge on any atom is -0.361 e. The van der Waals surface area contributed by atoms with Gasteiger partial charge >= 0.3 is 0 Å². The molecule has 0 saturated carbocycles. The molecule has 0 bridgehead atoms. The minimum absolute atomic E-state index is 0.127. The van der Waals surface area contributed by atoms with E-state index < -0.39 is 0 Å². The van der Waals surface area contributed by atoms with Gasteiger partial charge in [-0.25, -0.2) is 0 Å². The van der Waals surface area contributed by atoms with Gasteiger partial charge in [-0.1, -0.05) is 13.0 Å². The molecule has 0 unspecified atom stereocenters. The first-order valence-corrected chi connectivity index (χ1v) is 5.86. The lowest BCUT2D eigenvalue weighted by atomic mass is 10.1. The second-order valence-electron chi connectivity index (χ2n) is 3.80. The van der Waals surface area contributed by atoms with Gasteiger partial charge in [0.05, 0.1) is 5.57 Å². The van der Waals surface area contributed by atoms with Crippen molar-refractivity contribution >= 4 is 11.6 Å². The second kappa shape index (κ2) is 5.82. The van der Waals surface area contributed by atoms with Gasteiger partial charge in [0, 0.05) is 30.0 Å². The van der Waals surface area contributed by atoms with Crippen LogP contribution in [0, 0.1) is 0 Å². The molecule has 92 valence electrons. The fourth-order valence-electron chi connectivity index (χ4n) is 1.65. The van der Waals surface area contributed by atoms with E-state index in [2.05, 4.69) is 15.6 Å². The molecule has 0 fully saturated rings. The summed E-state index contributed by atoms with van der Waals surface area (Å²) in [7, 11) is 0. The Bertz CT molecular complexity index is 515. The summed E-state index contributed by atoms with van der Waals surface area (Å²) in [4.78, 5) is 16.0. The zero-order valence-electron chi connectivity index (χ0n) is 10.2. The summed E-state index contributed by atoms with van der Waals surface area (Å²) < 4.78 is 0. The topological polar surface area (TPSA) is 54.0 Å². The van der Waals surface area contributed by atoms with Crippen molar-refractivity contribution in [2.75, 3.05) is 5.32 Å². The van der Waals surface area contributed by atoms with Gasteiger partial charge in [-0.15, -0.1) is 0 Å². The Labute approximate surface area is 106 Å². The Morgan fingerprint density at radius 1 is 1.44 bits per heavy atom. The van der Waals surface area contributed by atoms with Gasteiger partial charge in [-0.3, -0.25) is 9.78 Å². The first kappa shape index (κ1) is 12.1. The summed E-state index contributed by atoms with van der Waals surface area (Å²) in [6, 6.07) is 3.52. The highest BCUT2D eigenvalue weighted by atomic mass is 16.1. The summed E-state index contributed by atoms with van der Waals surface area (Å²) in [6.45, 7) is 2.03. The van der Waals surface area contributed by atoms with Crippen LogP contribution in [-0.2, 0) is 4.79 Å². The van der Waals surface area contributed by atoms with E-state index in [-0.39, 0.29) is 5.91 Å². The largest absolute Gasteiger partial charge is 0.361 e. The molecule has 2 heterocycles. The highest BCUT2D eigenvalue weighted by Crippen LogP contribution is 2.15. The van der Waals surface area contributed by atoms with E-state index in [4.69, 9.17) is 0 Å². The molecule has 1 aromatic rings. The van der Waals surface area contributed by atoms with Gasteiger partial charge in [0.1, 0.15) is 0 Å². The van der Waals surface area contributed by atoms with E-state index in [1.54, 1.807) is 30.6 Å². The van der Waals surface area contributed by atoms with Crippen molar-refractivity contribution in [2.45, 2.75) is 13.3 Å². The van der Waals surface area contributed by atoms with Crippen LogP contribution in [0.2, 0.25) is 0 Å². The van der Waals surface area contributed by atoms with E-state index in [1.807, 2.05) is 25.3 Å². The number of carbonyl (C=O) groups is 1. The molecule has 0 radical (unpaired) electrons. The van der Waals surface area contributed by atoms with Crippen molar-refractivity contribution in [2.24, 2.45) is 0 Å². The highest BCUT2D eigenvalue weighted by molar-refractivity contribution is 6.07. The second-order valence-corrected chi connectivity index (χ2v) is 3.80. The zero-order chi connectivity index (χ0) is 12.8. The Hall–Kier alpha value is -2.36. The van der Waals surface area contributed by atoms with Crippen LogP contribution in [-0.4, -0.2) is 10.9 Å². The molecule has 0 aromatic carbocycles. The van der Waals surface area contributed by atoms with Crippen LogP contribution in [0.1, 0.15) is 13.3 Å². The summed E-state index contributed by atoms with van der Waals surface area (Å²) in [6.07, 6.45) is 11.6. The van der Waals surface area contributed by atoms with Crippen LogP contribution < -0.4 is 10.6 Å². The average molecular weight is 241 g/mol. The third kappa shape index (κ3) is 2.85. The Morgan fingerprint density at radius 3 is 2.94 bits per heavy atom. The Balaban J connectivity index is 2.15. The molecule has 0 aliphatic carbocycles. The number of carbonyl (C=O) groups excluding carboxylic acids is 1. The van der Waals surface area contributed by atoms with E-state index in [0.29, 0.717) is 5.57 Å². The standard InChI is InChI=1S/C14H15N3O/c1-2-4-13-12(5-3-8-16-13)14(18)17-11-6-9-15-10-7-11/h3-10,16H,2H2,1H3,(H,15,17,18)/b13-4-. The third-order valence-electron chi connectivity index (χ3n) is 2.48. The number of anilines is 1. The molecule has 1 aromatic heterocycles. The van der Waals surface area contributed by atoms with Crippen molar-refractivity contribution in [1.82, 2.24) is 10.3 Å². The molecule has 1 aliphatic rings. The molecule has 2 N–H and O–H groups in total. The Kier molecular flexibility index (Phi) is 3.91. The van der Waals surface area contributed by atoms with E-state index in [9.17, 15) is 4.79 Å². The smallest absolute Gasteiger partial charge is 0.257 e. The number of pyridine rings is 1. The monoisotopic (exact) mass is 241 g/mol. The van der Waals surface area contributed by atoms with Crippen LogP contribution in [0.4, 0.5) is 5.69 Å². The predicted octanol–water partition coefficient (Wildman–Crippen LogP) is 2.36. The molecule has 0 saturated heterocycles. The van der Waals surface area contributed by atoms with Crippen molar-refractivity contribution in [3.05, 3.63) is 60.2 Å². The summed E-state index contributed by atoms with van der Waals surface area (Å²) >= 11 is 0. The molecule has 4 nitrogen and oxygen atoms in total. The van der Waals surface area contributed by atoms with Crippen molar-refractivity contribution in [3.8, 4) is 0 Å². The number of hydrogen-bond acceptors (Lipinski definition) is 3. The first-order valence-electron chi connectivity index (χ1n) is 5.86. The molecule has 2 rings (SSSR count). The lowest BCUT2D eigenvalue weighted by Gasteiger charge is -2.15. The van der Waals surface area contributed by atoms with Gasteiger partial charge in [0.25, 0.3) is 5.91 Å². The number of hydrogen-bond donors (Lipinski definition) is 2. The quantitative estimate of drug-likeness (QED) is 0.854. The molecule has 0 atom stereocenters. The SMILES string of the molecule is CC/C=C1\NC=CC=C1C(=O)Nc1ccncc1. The minimum atomic E-state index is -0.127. The average Bonchev–Trinajstić information content (AvgIpc) is 2.41. The normalized spacial score (nSPS) is 16.1. The summed E-state index contributed by atoms with van der Waals surface area (Å²) in [5, 5.41) is 5.91. The van der Waals surface area contributed by atoms with Gasteiger partial charge in [-0.05, 0) is 30.7 Å². The summed E-state index contributed by atoms with van der Waals surface area (Å²) in [5.74, 6) is -0.127. The fraction of sp³-hybridized carbons (Fsp3) is 0.143. The number of rotatable bonds is 3. The van der Waals surface area contributed by atoms with Crippen LogP contribution in [0.15, 0.2) is 60.2 Å². The van der Waals surface area contributed by atoms with E-state index in [1.165, 1.54) is 0 Å². The Morgan fingerprint density at radius 2 is 2.22 bits per heavy atom. The van der Waals surface area contributed by atoms with Gasteiger partial charge in [-0.2, -0.15) is 0 Å². The van der Waals surface area contributed by atoms with E-state index >= 15 is 0 Å². The maximum absolute atomic E-state index is 12.1. The molecule has 4 heteroatoms. The van der Waals surface area contributed by atoms with Gasteiger partial charge < -0.3 is 10.6 Å². The van der Waals surface area contributed by atoms with Gasteiger partial charge in [0.15, 0.2) is 0 Å². The van der Waals surface area contributed by atoms with E-state index in [0.717, 1.165) is 17.8 Å². The molecule has 1 aliphatic heterocycles. The van der Waals surface area contributed by atoms with Crippen molar-refractivity contribution in [3.63, 3.8) is 0 Å². The lowest BCUT2D eigenvalue weighted by molar-refractivity contribution is -0.112. The lowest BCUT2D eigenvalue weighted by Crippen LogP contribution is -2.22. The number of allylic oxidation sites excluding steroid dienone is 3. The zero-order valence-corrected chi connectivity index (χ0v) is 10.2. The van der Waals surface area contributed by atoms with Crippen LogP contribution in [0.25, 0.3) is 0 Å². The fourth-order valence-corrected chi connectivity index (χ4v) is 1.65. The van der Waals surface area contributed by atoms with Crippen LogP contribution in [0.5, 0.6) is 0 Å². The maximum Gasteiger partial charge on any atom is 0.257 e. The van der Waals surface area contributed by atoms with Crippen molar-refractivity contribution < 1.29 is 4.79 Å². The number of dihydropyridines is 1. The number of nitrogens with one attached hydrogen (secondary N) is 2. The maximum atomic E-state index is 12.1. The predicted molar refractivity (Wildman–Crippen MR) is 71.6 cm³/mol. The van der Waals surface area contributed by atoms with Crippen molar-refractivity contribution in [1.29, 1.82) is 0 Å². The molecule has 1 amide bonds. The first-order chi connectivity index (χ1) is 8.81. The van der Waals surface area contributed by atoms with Crippen LogP contribution in [0.3, 0.4) is 0 Å². The molecule has 0 spiro atoms.